The molecule has 16 heavy (non-hydrogen) atoms. The fourth-order valence-corrected chi connectivity index (χ4v) is 2.47. The number of hydrogen-bond donors (Lipinski definition) is 1. The lowest BCUT2D eigenvalue weighted by Crippen LogP contribution is -2.32. The molecular weight excluding hydrogens is 202 g/mol. The number of hydrogen-bond acceptors (Lipinski definition) is 3. The fourth-order valence-electron chi connectivity index (χ4n) is 2.47. The first-order valence-electron chi connectivity index (χ1n) is 6.66. The maximum absolute atomic E-state index is 11.3. The summed E-state index contributed by atoms with van der Waals surface area (Å²) in [4.78, 5) is 11.3. The van der Waals surface area contributed by atoms with E-state index >= 15 is 0 Å². The highest BCUT2D eigenvalue weighted by Crippen LogP contribution is 2.27. The zero-order valence-electron chi connectivity index (χ0n) is 10.4. The molecule has 1 saturated carbocycles. The fraction of sp³-hybridized carbons (Fsp3) is 0.923. The second-order valence-corrected chi connectivity index (χ2v) is 4.79. The van der Waals surface area contributed by atoms with Gasteiger partial charge in [0.1, 0.15) is 6.04 Å². The minimum Gasteiger partial charge on any atom is -0.465 e. The Morgan fingerprint density at radius 1 is 1.38 bits per heavy atom. The molecule has 1 aliphatic rings. The third kappa shape index (κ3) is 4.97. The Balaban J connectivity index is 2.07. The first-order valence-corrected chi connectivity index (χ1v) is 6.66. The van der Waals surface area contributed by atoms with Crippen LogP contribution in [0, 0.1) is 5.92 Å². The van der Waals surface area contributed by atoms with Crippen LogP contribution >= 0.6 is 0 Å². The Morgan fingerprint density at radius 2 is 2.06 bits per heavy atom. The number of carbonyl (C=O) groups excluding carboxylic acids is 1. The Bertz CT molecular complexity index is 200. The lowest BCUT2D eigenvalue weighted by atomic mass is 9.85. The molecule has 1 atom stereocenters. The average Bonchev–Trinajstić information content (AvgIpc) is 2.30. The van der Waals surface area contributed by atoms with Gasteiger partial charge in [-0.3, -0.25) is 4.79 Å². The van der Waals surface area contributed by atoms with E-state index in [0.29, 0.717) is 6.61 Å². The minimum atomic E-state index is -0.413. The molecular formula is C13H25NO2. The first kappa shape index (κ1) is 13.5. The standard InChI is InChI=1S/C13H25NO2/c1-2-16-13(15)12(14)10-6-9-11-7-4-3-5-8-11/h11-12H,2-10,14H2,1H3. The minimum absolute atomic E-state index is 0.244. The number of rotatable bonds is 6. The Morgan fingerprint density at radius 3 is 2.69 bits per heavy atom. The summed E-state index contributed by atoms with van der Waals surface area (Å²) in [5.74, 6) is 0.634. The molecule has 1 aliphatic carbocycles. The van der Waals surface area contributed by atoms with Crippen molar-refractivity contribution in [1.82, 2.24) is 0 Å². The lowest BCUT2D eigenvalue weighted by molar-refractivity contribution is -0.144. The molecule has 1 rings (SSSR count). The second kappa shape index (κ2) is 7.66. The van der Waals surface area contributed by atoms with E-state index in [1.807, 2.05) is 6.92 Å². The summed E-state index contributed by atoms with van der Waals surface area (Å²) in [5.41, 5.74) is 5.74. The van der Waals surface area contributed by atoms with Gasteiger partial charge < -0.3 is 10.5 Å². The van der Waals surface area contributed by atoms with Crippen LogP contribution in [0.4, 0.5) is 0 Å². The predicted octanol–water partition coefficient (Wildman–Crippen LogP) is 2.63. The molecule has 0 amide bonds. The Kier molecular flexibility index (Phi) is 6.46. The molecule has 0 aromatic heterocycles. The van der Waals surface area contributed by atoms with Gasteiger partial charge in [0.15, 0.2) is 0 Å². The highest BCUT2D eigenvalue weighted by molar-refractivity contribution is 5.75. The number of esters is 1. The molecule has 0 spiro atoms. The van der Waals surface area contributed by atoms with E-state index in [1.54, 1.807) is 0 Å². The van der Waals surface area contributed by atoms with Gasteiger partial charge in [0.05, 0.1) is 6.61 Å². The van der Waals surface area contributed by atoms with Crippen LogP contribution in [0.1, 0.15) is 58.3 Å². The van der Waals surface area contributed by atoms with Crippen LogP contribution in [0.25, 0.3) is 0 Å². The molecule has 0 aromatic rings. The van der Waals surface area contributed by atoms with E-state index < -0.39 is 6.04 Å². The maximum atomic E-state index is 11.3. The lowest BCUT2D eigenvalue weighted by Gasteiger charge is -2.21. The number of nitrogens with two attached hydrogens (primary N) is 1. The van der Waals surface area contributed by atoms with Crippen molar-refractivity contribution in [3.05, 3.63) is 0 Å². The molecule has 3 heteroatoms. The van der Waals surface area contributed by atoms with Gasteiger partial charge >= 0.3 is 5.97 Å². The average molecular weight is 227 g/mol. The number of ether oxygens (including phenoxy) is 1. The molecule has 2 N–H and O–H groups in total. The van der Waals surface area contributed by atoms with Crippen molar-refractivity contribution in [2.45, 2.75) is 64.3 Å². The largest absolute Gasteiger partial charge is 0.465 e. The normalized spacial score (nSPS) is 19.4. The van der Waals surface area contributed by atoms with Crippen LogP contribution in [-0.2, 0) is 9.53 Å². The smallest absolute Gasteiger partial charge is 0.322 e. The van der Waals surface area contributed by atoms with Crippen molar-refractivity contribution in [2.24, 2.45) is 11.7 Å². The molecule has 3 nitrogen and oxygen atoms in total. The zero-order chi connectivity index (χ0) is 11.8. The second-order valence-electron chi connectivity index (χ2n) is 4.79. The van der Waals surface area contributed by atoms with E-state index in [0.717, 1.165) is 18.8 Å². The first-order chi connectivity index (χ1) is 7.74. The molecule has 0 radical (unpaired) electrons. The summed E-state index contributed by atoms with van der Waals surface area (Å²) < 4.78 is 4.88. The Hall–Kier alpha value is -0.570. The third-order valence-corrected chi connectivity index (χ3v) is 3.44. The zero-order valence-corrected chi connectivity index (χ0v) is 10.4. The van der Waals surface area contributed by atoms with Crippen LogP contribution in [-0.4, -0.2) is 18.6 Å². The highest BCUT2D eigenvalue weighted by Gasteiger charge is 2.16. The van der Waals surface area contributed by atoms with Crippen LogP contribution in [0.3, 0.4) is 0 Å². The molecule has 0 heterocycles. The van der Waals surface area contributed by atoms with Gasteiger partial charge in [-0.15, -0.1) is 0 Å². The van der Waals surface area contributed by atoms with Crippen molar-refractivity contribution in [1.29, 1.82) is 0 Å². The van der Waals surface area contributed by atoms with Crippen molar-refractivity contribution in [3.8, 4) is 0 Å². The summed E-state index contributed by atoms with van der Waals surface area (Å²) in [7, 11) is 0. The van der Waals surface area contributed by atoms with E-state index in [9.17, 15) is 4.79 Å². The van der Waals surface area contributed by atoms with Gasteiger partial charge in [0, 0.05) is 0 Å². The third-order valence-electron chi connectivity index (χ3n) is 3.44. The van der Waals surface area contributed by atoms with E-state index in [4.69, 9.17) is 10.5 Å². The van der Waals surface area contributed by atoms with Crippen molar-refractivity contribution < 1.29 is 9.53 Å². The van der Waals surface area contributed by atoms with Gasteiger partial charge in [-0.05, 0) is 19.3 Å². The van der Waals surface area contributed by atoms with Crippen LogP contribution in [0.2, 0.25) is 0 Å². The van der Waals surface area contributed by atoms with E-state index in [1.165, 1.54) is 38.5 Å². The van der Waals surface area contributed by atoms with Gasteiger partial charge in [-0.1, -0.05) is 44.9 Å². The van der Waals surface area contributed by atoms with E-state index in [-0.39, 0.29) is 5.97 Å². The van der Waals surface area contributed by atoms with Crippen molar-refractivity contribution in [3.63, 3.8) is 0 Å². The van der Waals surface area contributed by atoms with Crippen LogP contribution in [0.5, 0.6) is 0 Å². The van der Waals surface area contributed by atoms with Crippen LogP contribution < -0.4 is 5.73 Å². The molecule has 0 aliphatic heterocycles. The summed E-state index contributed by atoms with van der Waals surface area (Å²) in [5, 5.41) is 0. The summed E-state index contributed by atoms with van der Waals surface area (Å²) in [6.07, 6.45) is 9.97. The highest BCUT2D eigenvalue weighted by atomic mass is 16.5. The van der Waals surface area contributed by atoms with Gasteiger partial charge in [-0.2, -0.15) is 0 Å². The van der Waals surface area contributed by atoms with Gasteiger partial charge in [0.25, 0.3) is 0 Å². The quantitative estimate of drug-likeness (QED) is 0.710. The molecule has 0 bridgehead atoms. The Labute approximate surface area is 98.7 Å². The topological polar surface area (TPSA) is 52.3 Å². The molecule has 1 fully saturated rings. The van der Waals surface area contributed by atoms with Gasteiger partial charge in [-0.25, -0.2) is 0 Å². The summed E-state index contributed by atoms with van der Waals surface area (Å²) >= 11 is 0. The van der Waals surface area contributed by atoms with E-state index in [2.05, 4.69) is 0 Å². The van der Waals surface area contributed by atoms with Crippen molar-refractivity contribution >= 4 is 5.97 Å². The maximum Gasteiger partial charge on any atom is 0.322 e. The predicted molar refractivity (Wildman–Crippen MR) is 65.0 cm³/mol. The van der Waals surface area contributed by atoms with Crippen LogP contribution in [0.15, 0.2) is 0 Å². The summed E-state index contributed by atoms with van der Waals surface area (Å²) in [6, 6.07) is -0.413. The monoisotopic (exact) mass is 227 g/mol. The van der Waals surface area contributed by atoms with Gasteiger partial charge in [0.2, 0.25) is 0 Å². The van der Waals surface area contributed by atoms with Crippen molar-refractivity contribution in [2.75, 3.05) is 6.61 Å². The molecule has 94 valence electrons. The number of carbonyl (C=O) groups is 1. The molecule has 0 aromatic carbocycles. The summed E-state index contributed by atoms with van der Waals surface area (Å²) in [6.45, 7) is 2.24. The SMILES string of the molecule is CCOC(=O)C(N)CCCC1CCCCC1. The molecule has 0 saturated heterocycles. The molecule has 1 unspecified atom stereocenters.